The second kappa shape index (κ2) is 3.27. The molecule has 1 N–H and O–H groups in total. The summed E-state index contributed by atoms with van der Waals surface area (Å²) in [6.45, 7) is 2.75. The Labute approximate surface area is 104 Å². The highest BCUT2D eigenvalue weighted by molar-refractivity contribution is 5.18. The van der Waals surface area contributed by atoms with E-state index in [1.807, 2.05) is 0 Å². The Kier molecular flexibility index (Phi) is 1.88. The van der Waals surface area contributed by atoms with Crippen LogP contribution in [0.2, 0.25) is 0 Å². The number of fused-ring (bicyclic) bond motifs is 6. The number of nitrogens with one attached hydrogen (secondary N) is 1. The van der Waals surface area contributed by atoms with Crippen molar-refractivity contribution in [2.45, 2.75) is 56.7 Å². The summed E-state index contributed by atoms with van der Waals surface area (Å²) >= 11 is 0. The third kappa shape index (κ3) is 1.24. The van der Waals surface area contributed by atoms with Gasteiger partial charge in [0.05, 0.1) is 0 Å². The molecule has 2 aliphatic heterocycles. The third-order valence-electron chi connectivity index (χ3n) is 6.75. The first-order valence-corrected chi connectivity index (χ1v) is 7.92. The summed E-state index contributed by atoms with van der Waals surface area (Å²) in [5.74, 6) is 4.49. The van der Waals surface area contributed by atoms with Gasteiger partial charge in [0, 0.05) is 24.7 Å². The fourth-order valence-corrected chi connectivity index (χ4v) is 6.07. The van der Waals surface area contributed by atoms with E-state index in [0.29, 0.717) is 0 Å². The molecule has 0 spiro atoms. The number of hydrogen-bond donors (Lipinski definition) is 1. The van der Waals surface area contributed by atoms with E-state index in [2.05, 4.69) is 10.2 Å². The molecule has 0 radical (unpaired) electrons. The molecule has 2 saturated heterocycles. The Morgan fingerprint density at radius 1 is 0.882 bits per heavy atom. The molecule has 17 heavy (non-hydrogen) atoms. The van der Waals surface area contributed by atoms with Crippen molar-refractivity contribution in [2.75, 3.05) is 13.1 Å². The molecule has 0 aromatic carbocycles. The molecule has 5 fully saturated rings. The summed E-state index contributed by atoms with van der Waals surface area (Å²) in [5, 5.41) is 4.09. The molecule has 5 rings (SSSR count). The van der Waals surface area contributed by atoms with Crippen molar-refractivity contribution in [3.8, 4) is 0 Å². The van der Waals surface area contributed by atoms with E-state index >= 15 is 0 Å². The highest BCUT2D eigenvalue weighted by Crippen LogP contribution is 2.65. The van der Waals surface area contributed by atoms with Gasteiger partial charge in [0.1, 0.15) is 0 Å². The van der Waals surface area contributed by atoms with Gasteiger partial charge in [0.25, 0.3) is 0 Å². The van der Waals surface area contributed by atoms with Crippen LogP contribution in [0.25, 0.3) is 0 Å². The van der Waals surface area contributed by atoms with Crippen molar-refractivity contribution in [3.05, 3.63) is 0 Å². The predicted octanol–water partition coefficient (Wildman–Crippen LogP) is 1.86. The minimum Gasteiger partial charge on any atom is -0.309 e. The van der Waals surface area contributed by atoms with Gasteiger partial charge in [0.2, 0.25) is 0 Å². The molecule has 6 atom stereocenters. The van der Waals surface area contributed by atoms with Crippen molar-refractivity contribution in [3.63, 3.8) is 0 Å². The van der Waals surface area contributed by atoms with E-state index in [1.54, 1.807) is 19.3 Å². The maximum Gasteiger partial charge on any atom is 0.0250 e. The standard InChI is InChI=1S/C15H24N2/c1-2-12-11(5-7-17(12)6-1)16-15-13-9-3-4-10(8-9)14(13)15/h9-16H,1-8H2. The molecule has 0 aromatic heterocycles. The van der Waals surface area contributed by atoms with E-state index in [9.17, 15) is 0 Å². The van der Waals surface area contributed by atoms with E-state index in [4.69, 9.17) is 0 Å². The molecule has 2 heterocycles. The summed E-state index contributed by atoms with van der Waals surface area (Å²) in [4.78, 5) is 2.74. The molecule has 94 valence electrons. The van der Waals surface area contributed by atoms with Gasteiger partial charge in [-0.25, -0.2) is 0 Å². The molecule has 3 saturated carbocycles. The zero-order chi connectivity index (χ0) is 11.0. The van der Waals surface area contributed by atoms with Crippen LogP contribution < -0.4 is 5.32 Å². The van der Waals surface area contributed by atoms with E-state index in [-0.39, 0.29) is 0 Å². The van der Waals surface area contributed by atoms with Gasteiger partial charge < -0.3 is 5.32 Å². The van der Waals surface area contributed by atoms with Crippen molar-refractivity contribution in [2.24, 2.45) is 23.7 Å². The van der Waals surface area contributed by atoms with E-state index in [1.165, 1.54) is 32.4 Å². The zero-order valence-corrected chi connectivity index (χ0v) is 10.6. The van der Waals surface area contributed by atoms with Gasteiger partial charge in [-0.3, -0.25) is 4.90 Å². The van der Waals surface area contributed by atoms with Crippen LogP contribution in [-0.2, 0) is 0 Å². The summed E-state index contributed by atoms with van der Waals surface area (Å²) < 4.78 is 0. The van der Waals surface area contributed by atoms with Crippen molar-refractivity contribution in [1.29, 1.82) is 0 Å². The van der Waals surface area contributed by atoms with Crippen LogP contribution in [0.4, 0.5) is 0 Å². The van der Waals surface area contributed by atoms with Gasteiger partial charge in [0.15, 0.2) is 0 Å². The highest BCUT2D eigenvalue weighted by atomic mass is 15.2. The molecule has 2 nitrogen and oxygen atoms in total. The Morgan fingerprint density at radius 3 is 2.53 bits per heavy atom. The Morgan fingerprint density at radius 2 is 1.71 bits per heavy atom. The molecule has 0 amide bonds. The average molecular weight is 232 g/mol. The molecule has 5 aliphatic rings. The molecular weight excluding hydrogens is 208 g/mol. The van der Waals surface area contributed by atoms with E-state index < -0.39 is 0 Å². The minimum atomic E-state index is 0.854. The minimum absolute atomic E-state index is 0.854. The quantitative estimate of drug-likeness (QED) is 0.782. The molecule has 0 aromatic rings. The largest absolute Gasteiger partial charge is 0.309 e. The lowest BCUT2D eigenvalue weighted by Crippen LogP contribution is -2.41. The summed E-state index contributed by atoms with van der Waals surface area (Å²) in [6.07, 6.45) is 9.05. The first-order valence-electron chi connectivity index (χ1n) is 7.92. The average Bonchev–Trinajstić information content (AvgIpc) is 2.82. The maximum atomic E-state index is 4.09. The van der Waals surface area contributed by atoms with Gasteiger partial charge in [-0.2, -0.15) is 0 Å². The smallest absolute Gasteiger partial charge is 0.0250 e. The van der Waals surface area contributed by atoms with Crippen LogP contribution >= 0.6 is 0 Å². The second-order valence-corrected chi connectivity index (χ2v) is 7.32. The third-order valence-corrected chi connectivity index (χ3v) is 6.75. The Balaban J connectivity index is 1.28. The summed E-state index contributed by atoms with van der Waals surface area (Å²) in [5.41, 5.74) is 0. The molecule has 3 aliphatic carbocycles. The number of nitrogens with zero attached hydrogens (tertiary/aromatic N) is 1. The van der Waals surface area contributed by atoms with Crippen LogP contribution in [0.5, 0.6) is 0 Å². The van der Waals surface area contributed by atoms with Crippen LogP contribution in [-0.4, -0.2) is 36.1 Å². The first kappa shape index (κ1) is 9.80. The second-order valence-electron chi connectivity index (χ2n) is 7.32. The summed E-state index contributed by atoms with van der Waals surface area (Å²) in [6, 6.07) is 2.72. The zero-order valence-electron chi connectivity index (χ0n) is 10.6. The van der Waals surface area contributed by atoms with Crippen LogP contribution in [0.15, 0.2) is 0 Å². The number of rotatable bonds is 2. The number of hydrogen-bond acceptors (Lipinski definition) is 2. The fourth-order valence-electron chi connectivity index (χ4n) is 6.07. The lowest BCUT2D eigenvalue weighted by atomic mass is 10.0. The maximum absolute atomic E-state index is 4.09. The van der Waals surface area contributed by atoms with Gasteiger partial charge in [-0.1, -0.05) is 0 Å². The Bertz CT molecular complexity index is 326. The first-order chi connectivity index (χ1) is 8.42. The van der Waals surface area contributed by atoms with Gasteiger partial charge in [-0.15, -0.1) is 0 Å². The lowest BCUT2D eigenvalue weighted by molar-refractivity contribution is 0.291. The highest BCUT2D eigenvalue weighted by Gasteiger charge is 2.65. The molecular formula is C15H24N2. The van der Waals surface area contributed by atoms with E-state index in [0.717, 1.165) is 41.8 Å². The van der Waals surface area contributed by atoms with Gasteiger partial charge >= 0.3 is 0 Å². The molecule has 2 heteroatoms. The fraction of sp³-hybridized carbons (Fsp3) is 1.00. The lowest BCUT2D eigenvalue weighted by Gasteiger charge is -2.23. The molecule has 6 unspecified atom stereocenters. The normalized spacial score (nSPS) is 59.6. The summed E-state index contributed by atoms with van der Waals surface area (Å²) in [7, 11) is 0. The van der Waals surface area contributed by atoms with Crippen LogP contribution in [0.3, 0.4) is 0 Å². The predicted molar refractivity (Wildman–Crippen MR) is 67.7 cm³/mol. The van der Waals surface area contributed by atoms with Crippen molar-refractivity contribution in [1.82, 2.24) is 10.2 Å². The van der Waals surface area contributed by atoms with Crippen molar-refractivity contribution < 1.29 is 0 Å². The Hall–Kier alpha value is -0.0800. The van der Waals surface area contributed by atoms with Crippen LogP contribution in [0, 0.1) is 23.7 Å². The van der Waals surface area contributed by atoms with Crippen LogP contribution in [0.1, 0.15) is 38.5 Å². The topological polar surface area (TPSA) is 15.3 Å². The monoisotopic (exact) mass is 232 g/mol. The SMILES string of the molecule is C1CC2C(NC3C4C5CCC(C5)C34)CCN2C1. The van der Waals surface area contributed by atoms with Crippen molar-refractivity contribution >= 4 is 0 Å². The molecule has 2 bridgehead atoms. The van der Waals surface area contributed by atoms with Gasteiger partial charge in [-0.05, 0) is 68.7 Å².